The van der Waals surface area contributed by atoms with E-state index in [2.05, 4.69) is 30.4 Å². The summed E-state index contributed by atoms with van der Waals surface area (Å²) in [6.07, 6.45) is 1.11. The number of nitrogens with one attached hydrogen (secondary N) is 1. The average molecular weight is 512 g/mol. The van der Waals surface area contributed by atoms with Crippen molar-refractivity contribution in [3.8, 4) is 11.8 Å². The van der Waals surface area contributed by atoms with Crippen LogP contribution in [-0.4, -0.2) is 30.7 Å². The Labute approximate surface area is 221 Å². The van der Waals surface area contributed by atoms with E-state index >= 15 is 0 Å². The Morgan fingerprint density at radius 3 is 2.38 bits per heavy atom. The Morgan fingerprint density at radius 2 is 1.73 bits per heavy atom. The summed E-state index contributed by atoms with van der Waals surface area (Å²) >= 11 is 1.28. The highest BCUT2D eigenvalue weighted by Crippen LogP contribution is 2.41. The summed E-state index contributed by atoms with van der Waals surface area (Å²) in [5.41, 5.74) is 5.02. The number of hydrogen-bond donors (Lipinski definition) is 1. The zero-order valence-electron chi connectivity index (χ0n) is 21.2. The largest absolute Gasteiger partial charge is 0.497 e. The van der Waals surface area contributed by atoms with E-state index in [1.807, 2.05) is 67.6 Å². The fourth-order valence-corrected chi connectivity index (χ4v) is 5.45. The summed E-state index contributed by atoms with van der Waals surface area (Å²) in [5, 5.41) is 12.8. The molecule has 4 rings (SSSR count). The topological polar surface area (TPSA) is 82.4 Å². The summed E-state index contributed by atoms with van der Waals surface area (Å²) < 4.78 is 5.18. The maximum atomic E-state index is 13.6. The van der Waals surface area contributed by atoms with E-state index in [1.54, 1.807) is 7.11 Å². The molecule has 3 aromatic rings. The highest BCUT2D eigenvalue weighted by atomic mass is 32.2. The SMILES string of the molecule is COc1ccc(CCNC(=O)/C(C#N)=C2\S[C@H](Cc3ccc(C)c(C)c3)C(=O)N2c2ccccc2)cc1. The minimum absolute atomic E-state index is 0.0560. The van der Waals surface area contributed by atoms with Crippen LogP contribution in [0, 0.1) is 25.2 Å². The fraction of sp³-hybridized carbons (Fsp3) is 0.233. The molecule has 1 saturated heterocycles. The standard InChI is InChI=1S/C30H29N3O3S/c1-20-9-10-23(17-21(20)2)18-27-29(35)33(24-7-5-4-6-8-24)30(37-27)26(19-31)28(34)32-16-15-22-11-13-25(36-3)14-12-22/h4-14,17,27H,15-16,18H2,1-3H3,(H,32,34)/b30-26-/t27-/m1/s1. The number of ether oxygens (including phenoxy) is 1. The molecule has 188 valence electrons. The monoisotopic (exact) mass is 511 g/mol. The molecule has 37 heavy (non-hydrogen) atoms. The van der Waals surface area contributed by atoms with Gasteiger partial charge in [-0.05, 0) is 73.2 Å². The minimum Gasteiger partial charge on any atom is -0.497 e. The van der Waals surface area contributed by atoms with Crippen molar-refractivity contribution in [1.29, 1.82) is 5.26 Å². The third-order valence-electron chi connectivity index (χ3n) is 6.37. The van der Waals surface area contributed by atoms with Crippen LogP contribution in [0.4, 0.5) is 5.69 Å². The van der Waals surface area contributed by atoms with Crippen molar-refractivity contribution in [2.24, 2.45) is 0 Å². The molecule has 7 heteroatoms. The molecule has 1 aliphatic heterocycles. The molecule has 3 aromatic carbocycles. The summed E-state index contributed by atoms with van der Waals surface area (Å²) in [6, 6.07) is 25.0. The van der Waals surface area contributed by atoms with Crippen LogP contribution in [-0.2, 0) is 22.4 Å². The lowest BCUT2D eigenvalue weighted by atomic mass is 10.0. The summed E-state index contributed by atoms with van der Waals surface area (Å²) in [4.78, 5) is 28.2. The van der Waals surface area contributed by atoms with Gasteiger partial charge in [-0.2, -0.15) is 5.26 Å². The minimum atomic E-state index is -0.487. The zero-order chi connectivity index (χ0) is 26.4. The number of nitrogens with zero attached hydrogens (tertiary/aromatic N) is 2. The van der Waals surface area contributed by atoms with E-state index < -0.39 is 11.2 Å². The third-order valence-corrected chi connectivity index (χ3v) is 7.63. The van der Waals surface area contributed by atoms with Gasteiger partial charge in [0.25, 0.3) is 5.91 Å². The number of para-hydroxylation sites is 1. The number of aryl methyl sites for hydroxylation is 2. The van der Waals surface area contributed by atoms with E-state index in [-0.39, 0.29) is 11.5 Å². The number of rotatable bonds is 8. The molecule has 1 fully saturated rings. The van der Waals surface area contributed by atoms with Crippen LogP contribution in [0.3, 0.4) is 0 Å². The number of hydrogen-bond acceptors (Lipinski definition) is 5. The van der Waals surface area contributed by atoms with Crippen molar-refractivity contribution in [2.45, 2.75) is 31.9 Å². The molecule has 0 aliphatic carbocycles. The first-order chi connectivity index (χ1) is 17.9. The van der Waals surface area contributed by atoms with Crippen molar-refractivity contribution < 1.29 is 14.3 Å². The Bertz CT molecular complexity index is 1360. The number of thioether (sulfide) groups is 1. The van der Waals surface area contributed by atoms with Gasteiger partial charge in [0.05, 0.1) is 12.4 Å². The van der Waals surface area contributed by atoms with Gasteiger partial charge in [0.2, 0.25) is 5.91 Å². The van der Waals surface area contributed by atoms with Gasteiger partial charge < -0.3 is 10.1 Å². The smallest absolute Gasteiger partial charge is 0.264 e. The number of benzene rings is 3. The molecule has 0 aromatic heterocycles. The number of carbonyl (C=O) groups is 2. The molecule has 1 heterocycles. The van der Waals surface area contributed by atoms with Gasteiger partial charge in [0.1, 0.15) is 22.4 Å². The molecule has 2 amide bonds. The highest BCUT2D eigenvalue weighted by Gasteiger charge is 2.40. The maximum Gasteiger partial charge on any atom is 0.264 e. The number of methoxy groups -OCH3 is 1. The van der Waals surface area contributed by atoms with Crippen molar-refractivity contribution >= 4 is 29.3 Å². The van der Waals surface area contributed by atoms with Crippen molar-refractivity contribution in [1.82, 2.24) is 5.32 Å². The van der Waals surface area contributed by atoms with E-state index in [0.29, 0.717) is 30.1 Å². The summed E-state index contributed by atoms with van der Waals surface area (Å²) in [7, 11) is 1.61. The second kappa shape index (κ2) is 11.8. The predicted octanol–water partition coefficient (Wildman–Crippen LogP) is 5.10. The van der Waals surface area contributed by atoms with Gasteiger partial charge in [-0.15, -0.1) is 0 Å². The van der Waals surface area contributed by atoms with Gasteiger partial charge in [-0.1, -0.05) is 60.3 Å². The van der Waals surface area contributed by atoms with Crippen LogP contribution >= 0.6 is 11.8 Å². The first-order valence-electron chi connectivity index (χ1n) is 12.1. The lowest BCUT2D eigenvalue weighted by Crippen LogP contribution is -2.32. The number of carbonyl (C=O) groups excluding carboxylic acids is 2. The highest BCUT2D eigenvalue weighted by molar-refractivity contribution is 8.05. The zero-order valence-corrected chi connectivity index (χ0v) is 22.0. The summed E-state index contributed by atoms with van der Waals surface area (Å²) in [6.45, 7) is 4.47. The molecule has 1 aliphatic rings. The molecule has 0 spiro atoms. The van der Waals surface area contributed by atoms with E-state index in [4.69, 9.17) is 4.74 Å². The van der Waals surface area contributed by atoms with Crippen LogP contribution in [0.15, 0.2) is 83.4 Å². The molecule has 1 atom stereocenters. The average Bonchev–Trinajstić information content (AvgIpc) is 3.22. The van der Waals surface area contributed by atoms with Crippen LogP contribution < -0.4 is 15.0 Å². The fourth-order valence-electron chi connectivity index (χ4n) is 4.14. The second-order valence-corrected chi connectivity index (χ2v) is 10.1. The van der Waals surface area contributed by atoms with Crippen molar-refractivity contribution in [2.75, 3.05) is 18.6 Å². The van der Waals surface area contributed by atoms with E-state index in [1.165, 1.54) is 22.2 Å². The second-order valence-electron chi connectivity index (χ2n) is 8.88. The van der Waals surface area contributed by atoms with Gasteiger partial charge in [-0.3, -0.25) is 14.5 Å². The van der Waals surface area contributed by atoms with E-state index in [0.717, 1.165) is 22.4 Å². The third kappa shape index (κ3) is 6.04. The molecule has 1 N–H and O–H groups in total. The predicted molar refractivity (Wildman–Crippen MR) is 147 cm³/mol. The van der Waals surface area contributed by atoms with Gasteiger partial charge in [0.15, 0.2) is 0 Å². The number of anilines is 1. The van der Waals surface area contributed by atoms with Crippen molar-refractivity contribution in [3.05, 3.63) is 106 Å². The number of amides is 2. The maximum absolute atomic E-state index is 13.6. The number of nitriles is 1. The Hall–Kier alpha value is -4.02. The Balaban J connectivity index is 1.57. The first-order valence-corrected chi connectivity index (χ1v) is 13.0. The van der Waals surface area contributed by atoms with Crippen LogP contribution in [0.25, 0.3) is 0 Å². The lowest BCUT2D eigenvalue weighted by Gasteiger charge is -2.18. The molecule has 0 unspecified atom stereocenters. The van der Waals surface area contributed by atoms with Gasteiger partial charge >= 0.3 is 0 Å². The Kier molecular flexibility index (Phi) is 8.32. The summed E-state index contributed by atoms with van der Waals surface area (Å²) in [5.74, 6) is 0.144. The molecule has 0 saturated carbocycles. The van der Waals surface area contributed by atoms with Crippen LogP contribution in [0.5, 0.6) is 5.75 Å². The molecule has 0 bridgehead atoms. The molecule has 6 nitrogen and oxygen atoms in total. The molecule has 0 radical (unpaired) electrons. The molecular weight excluding hydrogens is 482 g/mol. The van der Waals surface area contributed by atoms with Crippen LogP contribution in [0.1, 0.15) is 22.3 Å². The quantitative estimate of drug-likeness (QED) is 0.336. The van der Waals surface area contributed by atoms with Gasteiger partial charge in [0, 0.05) is 12.2 Å². The van der Waals surface area contributed by atoms with E-state index in [9.17, 15) is 14.9 Å². The first kappa shape index (κ1) is 26.1. The lowest BCUT2D eigenvalue weighted by molar-refractivity contribution is -0.117. The Morgan fingerprint density at radius 1 is 1.03 bits per heavy atom. The normalized spacial score (nSPS) is 16.3. The van der Waals surface area contributed by atoms with Crippen LogP contribution in [0.2, 0.25) is 0 Å². The molecular formula is C30H29N3O3S. The van der Waals surface area contributed by atoms with Gasteiger partial charge in [-0.25, -0.2) is 0 Å². The van der Waals surface area contributed by atoms with Crippen molar-refractivity contribution in [3.63, 3.8) is 0 Å².